The van der Waals surface area contributed by atoms with Gasteiger partial charge in [0.05, 0.1) is 6.61 Å². The molecular formula is C18H13Br2NO3. The molecule has 0 unspecified atom stereocenters. The van der Waals surface area contributed by atoms with Gasteiger partial charge in [-0.15, -0.1) is 0 Å². The lowest BCUT2D eigenvalue weighted by molar-refractivity contribution is -0.138. The summed E-state index contributed by atoms with van der Waals surface area (Å²) >= 11 is 6.76. The molecular weight excluding hydrogens is 438 g/mol. The minimum atomic E-state index is -0.665. The van der Waals surface area contributed by atoms with Gasteiger partial charge in [-0.2, -0.15) is 4.99 Å². The quantitative estimate of drug-likeness (QED) is 0.282. The molecule has 0 fully saturated rings. The number of halogens is 2. The van der Waals surface area contributed by atoms with E-state index in [-0.39, 0.29) is 12.3 Å². The van der Waals surface area contributed by atoms with Crippen LogP contribution < -0.4 is 0 Å². The maximum absolute atomic E-state index is 12.3. The Morgan fingerprint density at radius 2 is 1.46 bits per heavy atom. The van der Waals surface area contributed by atoms with Gasteiger partial charge in [-0.25, -0.2) is 9.59 Å². The maximum Gasteiger partial charge on any atom is 0.358 e. The molecule has 0 N–H and O–H groups in total. The van der Waals surface area contributed by atoms with Crippen molar-refractivity contribution in [1.29, 1.82) is 0 Å². The molecule has 2 aromatic rings. The summed E-state index contributed by atoms with van der Waals surface area (Å²) in [6.07, 6.45) is 1.45. The smallest absolute Gasteiger partial charge is 0.358 e. The van der Waals surface area contributed by atoms with Crippen molar-refractivity contribution in [2.75, 3.05) is 6.61 Å². The molecule has 24 heavy (non-hydrogen) atoms. The number of ether oxygens (including phenoxy) is 1. The van der Waals surface area contributed by atoms with Gasteiger partial charge in [0.15, 0.2) is 5.70 Å². The molecule has 0 aliphatic carbocycles. The number of isocyanates is 1. The second kappa shape index (κ2) is 8.73. The van der Waals surface area contributed by atoms with Gasteiger partial charge in [0, 0.05) is 14.5 Å². The van der Waals surface area contributed by atoms with E-state index in [1.807, 2.05) is 48.5 Å². The molecule has 2 rings (SSSR count). The van der Waals surface area contributed by atoms with Gasteiger partial charge < -0.3 is 4.74 Å². The van der Waals surface area contributed by atoms with Crippen LogP contribution in [0.3, 0.4) is 0 Å². The molecule has 0 saturated heterocycles. The highest BCUT2D eigenvalue weighted by molar-refractivity contribution is 9.10. The molecule has 0 aliphatic rings. The topological polar surface area (TPSA) is 55.7 Å². The molecule has 0 bridgehead atoms. The number of rotatable bonds is 5. The average molecular weight is 451 g/mol. The highest BCUT2D eigenvalue weighted by Gasteiger charge is 2.19. The first-order valence-electron chi connectivity index (χ1n) is 7.08. The monoisotopic (exact) mass is 449 g/mol. The van der Waals surface area contributed by atoms with Crippen molar-refractivity contribution in [2.45, 2.75) is 6.92 Å². The minimum absolute atomic E-state index is 0.0727. The molecule has 2 aromatic carbocycles. The zero-order valence-corrected chi connectivity index (χ0v) is 15.9. The van der Waals surface area contributed by atoms with Crippen LogP contribution in [0.5, 0.6) is 0 Å². The first kappa shape index (κ1) is 18.3. The van der Waals surface area contributed by atoms with E-state index in [9.17, 15) is 9.59 Å². The van der Waals surface area contributed by atoms with Crippen LogP contribution in [0.25, 0.3) is 5.57 Å². The van der Waals surface area contributed by atoms with Crippen LogP contribution in [0.4, 0.5) is 0 Å². The third kappa shape index (κ3) is 4.51. The minimum Gasteiger partial charge on any atom is -0.461 e. The highest BCUT2D eigenvalue weighted by atomic mass is 79.9. The molecule has 122 valence electrons. The molecule has 0 aromatic heterocycles. The predicted octanol–water partition coefficient (Wildman–Crippen LogP) is 4.87. The van der Waals surface area contributed by atoms with Gasteiger partial charge in [-0.3, -0.25) is 0 Å². The Morgan fingerprint density at radius 3 is 1.83 bits per heavy atom. The number of nitrogens with zero attached hydrogens (tertiary/aromatic N) is 1. The van der Waals surface area contributed by atoms with E-state index >= 15 is 0 Å². The number of hydrogen-bond acceptors (Lipinski definition) is 4. The van der Waals surface area contributed by atoms with Gasteiger partial charge in [0.25, 0.3) is 0 Å². The summed E-state index contributed by atoms with van der Waals surface area (Å²) in [5, 5.41) is 0. The van der Waals surface area contributed by atoms with Crippen LogP contribution in [-0.4, -0.2) is 18.7 Å². The maximum atomic E-state index is 12.3. The number of benzene rings is 2. The van der Waals surface area contributed by atoms with E-state index in [0.717, 1.165) is 20.1 Å². The number of esters is 1. The average Bonchev–Trinajstić information content (AvgIpc) is 2.58. The van der Waals surface area contributed by atoms with E-state index in [2.05, 4.69) is 36.9 Å². The first-order chi connectivity index (χ1) is 11.6. The Balaban J connectivity index is 2.74. The molecule has 0 radical (unpaired) electrons. The first-order valence-corrected chi connectivity index (χ1v) is 8.66. The van der Waals surface area contributed by atoms with E-state index in [1.165, 1.54) is 6.08 Å². The standard InChI is InChI=1S/C18H13Br2NO3/c1-2-24-18(23)17(21-11-22)16(12-3-7-14(19)8-4-12)13-5-9-15(20)10-6-13/h3-10H,2H2,1H3. The molecule has 0 heterocycles. The molecule has 0 aliphatic heterocycles. The third-order valence-electron chi connectivity index (χ3n) is 3.13. The molecule has 0 saturated carbocycles. The Morgan fingerprint density at radius 1 is 1.00 bits per heavy atom. The van der Waals surface area contributed by atoms with E-state index in [1.54, 1.807) is 6.92 Å². The second-order valence-corrected chi connectivity index (χ2v) is 6.49. The molecule has 6 heteroatoms. The Labute approximate surface area is 156 Å². The lowest BCUT2D eigenvalue weighted by atomic mass is 9.96. The summed E-state index contributed by atoms with van der Waals surface area (Å²) in [6, 6.07) is 14.7. The van der Waals surface area contributed by atoms with E-state index in [4.69, 9.17) is 4.74 Å². The SMILES string of the molecule is CCOC(=O)C(N=C=O)=C(c1ccc(Br)cc1)c1ccc(Br)cc1. The summed E-state index contributed by atoms with van der Waals surface area (Å²) < 4.78 is 6.84. The van der Waals surface area contributed by atoms with Crippen molar-refractivity contribution >= 4 is 49.5 Å². The summed E-state index contributed by atoms with van der Waals surface area (Å²) in [5.41, 5.74) is 1.92. The second-order valence-electron chi connectivity index (χ2n) is 4.66. The van der Waals surface area contributed by atoms with Gasteiger partial charge >= 0.3 is 5.97 Å². The van der Waals surface area contributed by atoms with Crippen molar-refractivity contribution in [3.8, 4) is 0 Å². The van der Waals surface area contributed by atoms with Crippen LogP contribution >= 0.6 is 31.9 Å². The number of carbonyl (C=O) groups is 1. The van der Waals surface area contributed by atoms with Crippen LogP contribution in [-0.2, 0) is 14.3 Å². The molecule has 0 spiro atoms. The number of carbonyl (C=O) groups excluding carboxylic acids is 2. The van der Waals surface area contributed by atoms with Crippen molar-refractivity contribution in [3.05, 3.63) is 74.3 Å². The van der Waals surface area contributed by atoms with Crippen molar-refractivity contribution in [2.24, 2.45) is 4.99 Å². The molecule has 0 atom stereocenters. The van der Waals surface area contributed by atoms with Crippen LogP contribution in [0, 0.1) is 0 Å². The number of aliphatic imine (C=N–C) groups is 1. The van der Waals surface area contributed by atoms with Crippen LogP contribution in [0.15, 0.2) is 68.2 Å². The molecule has 4 nitrogen and oxygen atoms in total. The Hall–Kier alpha value is -2.01. The van der Waals surface area contributed by atoms with Crippen molar-refractivity contribution in [3.63, 3.8) is 0 Å². The fourth-order valence-electron chi connectivity index (χ4n) is 2.12. The van der Waals surface area contributed by atoms with Gasteiger partial charge in [-0.05, 0) is 42.3 Å². The third-order valence-corrected chi connectivity index (χ3v) is 4.19. The largest absolute Gasteiger partial charge is 0.461 e. The van der Waals surface area contributed by atoms with E-state index < -0.39 is 5.97 Å². The normalized spacial score (nSPS) is 9.79. The zero-order chi connectivity index (χ0) is 17.5. The van der Waals surface area contributed by atoms with Gasteiger partial charge in [-0.1, -0.05) is 56.1 Å². The highest BCUT2D eigenvalue weighted by Crippen LogP contribution is 2.30. The molecule has 0 amide bonds. The Bertz CT molecular complexity index is 758. The zero-order valence-electron chi connectivity index (χ0n) is 12.8. The fraction of sp³-hybridized carbons (Fsp3) is 0.111. The van der Waals surface area contributed by atoms with Crippen molar-refractivity contribution < 1.29 is 14.3 Å². The van der Waals surface area contributed by atoms with Gasteiger partial charge in [0.1, 0.15) is 0 Å². The lowest BCUT2D eigenvalue weighted by Gasteiger charge is -2.12. The summed E-state index contributed by atoms with van der Waals surface area (Å²) in [4.78, 5) is 26.8. The summed E-state index contributed by atoms with van der Waals surface area (Å²) in [6.45, 7) is 1.88. The fourth-order valence-corrected chi connectivity index (χ4v) is 2.65. The Kier molecular flexibility index (Phi) is 6.67. The lowest BCUT2D eigenvalue weighted by Crippen LogP contribution is -2.09. The van der Waals surface area contributed by atoms with Crippen molar-refractivity contribution in [1.82, 2.24) is 0 Å². The van der Waals surface area contributed by atoms with Crippen LogP contribution in [0.2, 0.25) is 0 Å². The summed E-state index contributed by atoms with van der Waals surface area (Å²) in [7, 11) is 0. The predicted molar refractivity (Wildman–Crippen MR) is 99.1 cm³/mol. The summed E-state index contributed by atoms with van der Waals surface area (Å²) in [5.74, 6) is -0.665. The van der Waals surface area contributed by atoms with Gasteiger partial charge in [0.2, 0.25) is 6.08 Å². The number of hydrogen-bond donors (Lipinski definition) is 0. The van der Waals surface area contributed by atoms with E-state index in [0.29, 0.717) is 5.57 Å². The van der Waals surface area contributed by atoms with Crippen LogP contribution in [0.1, 0.15) is 18.1 Å².